The van der Waals surface area contributed by atoms with Crippen LogP contribution < -0.4 is 11.1 Å². The number of anilines is 1. The summed E-state index contributed by atoms with van der Waals surface area (Å²) in [6.07, 6.45) is 0. The molecule has 0 aromatic heterocycles. The summed E-state index contributed by atoms with van der Waals surface area (Å²) in [7, 11) is 0. The Balaban J connectivity index is 2.15. The van der Waals surface area contributed by atoms with Crippen molar-refractivity contribution in [2.24, 2.45) is 5.73 Å². The third-order valence-electron chi connectivity index (χ3n) is 2.88. The number of aromatic hydroxyl groups is 1. The molecule has 0 unspecified atom stereocenters. The quantitative estimate of drug-likeness (QED) is 0.502. The number of hydrogen-bond acceptors (Lipinski definition) is 3. The zero-order valence-corrected chi connectivity index (χ0v) is 10.8. The standard InChI is InChI=1S/C15H17N3O/c1-10-2-7-13(14(19)8-10)15(17)18-12-5-3-11(9-16)4-6-12/h2-8,19H,9,16H2,1H3,(H2,17,18). The number of nitrogens with two attached hydrogens (primary N) is 1. The van der Waals surface area contributed by atoms with Crippen LogP contribution in [0.3, 0.4) is 0 Å². The topological polar surface area (TPSA) is 82.1 Å². The summed E-state index contributed by atoms with van der Waals surface area (Å²) in [6, 6.07) is 12.8. The van der Waals surface area contributed by atoms with Gasteiger partial charge < -0.3 is 16.2 Å². The van der Waals surface area contributed by atoms with Crippen LogP contribution in [-0.4, -0.2) is 10.9 Å². The Morgan fingerprint density at radius 2 is 1.89 bits per heavy atom. The number of aryl methyl sites for hydroxylation is 1. The predicted molar refractivity (Wildman–Crippen MR) is 77.6 cm³/mol. The molecule has 0 radical (unpaired) electrons. The van der Waals surface area contributed by atoms with E-state index >= 15 is 0 Å². The number of benzene rings is 2. The third-order valence-corrected chi connectivity index (χ3v) is 2.88. The molecule has 2 aromatic rings. The van der Waals surface area contributed by atoms with Crippen molar-refractivity contribution in [3.05, 3.63) is 59.2 Å². The van der Waals surface area contributed by atoms with E-state index in [0.29, 0.717) is 12.1 Å². The number of rotatable bonds is 3. The lowest BCUT2D eigenvalue weighted by Gasteiger charge is -2.10. The lowest BCUT2D eigenvalue weighted by atomic mass is 10.1. The van der Waals surface area contributed by atoms with Gasteiger partial charge in [-0.15, -0.1) is 0 Å². The molecule has 0 spiro atoms. The second kappa shape index (κ2) is 5.54. The fourth-order valence-corrected chi connectivity index (χ4v) is 1.79. The highest BCUT2D eigenvalue weighted by atomic mass is 16.3. The molecule has 0 aliphatic rings. The van der Waals surface area contributed by atoms with Gasteiger partial charge in [0.05, 0.1) is 5.56 Å². The first kappa shape index (κ1) is 13.1. The Kier molecular flexibility index (Phi) is 3.82. The Hall–Kier alpha value is -2.33. The van der Waals surface area contributed by atoms with E-state index in [1.807, 2.05) is 37.3 Å². The zero-order valence-electron chi connectivity index (χ0n) is 10.8. The number of phenolic OH excluding ortho intramolecular Hbond substituents is 1. The van der Waals surface area contributed by atoms with Crippen LogP contribution in [0.5, 0.6) is 5.75 Å². The van der Waals surface area contributed by atoms with Crippen LogP contribution in [0.1, 0.15) is 16.7 Å². The van der Waals surface area contributed by atoms with Crippen molar-refractivity contribution in [3.8, 4) is 5.75 Å². The van der Waals surface area contributed by atoms with Crippen molar-refractivity contribution >= 4 is 11.5 Å². The molecule has 0 fully saturated rings. The highest BCUT2D eigenvalue weighted by Gasteiger charge is 2.07. The van der Waals surface area contributed by atoms with Crippen molar-refractivity contribution in [2.75, 3.05) is 5.32 Å². The summed E-state index contributed by atoms with van der Waals surface area (Å²) >= 11 is 0. The Morgan fingerprint density at radius 1 is 1.21 bits per heavy atom. The first-order valence-electron chi connectivity index (χ1n) is 6.04. The molecule has 4 nitrogen and oxygen atoms in total. The number of hydrogen-bond donors (Lipinski definition) is 4. The number of phenols is 1. The average Bonchev–Trinajstić information content (AvgIpc) is 2.39. The monoisotopic (exact) mass is 255 g/mol. The Morgan fingerprint density at radius 3 is 2.47 bits per heavy atom. The van der Waals surface area contributed by atoms with E-state index < -0.39 is 0 Å². The molecule has 98 valence electrons. The minimum atomic E-state index is 0.107. The van der Waals surface area contributed by atoms with E-state index in [2.05, 4.69) is 5.32 Å². The molecular weight excluding hydrogens is 238 g/mol. The van der Waals surface area contributed by atoms with E-state index in [1.54, 1.807) is 12.1 Å². The van der Waals surface area contributed by atoms with Crippen LogP contribution in [0.2, 0.25) is 0 Å². The molecule has 0 aliphatic heterocycles. The van der Waals surface area contributed by atoms with Crippen molar-refractivity contribution in [1.82, 2.24) is 0 Å². The second-order valence-corrected chi connectivity index (χ2v) is 4.42. The summed E-state index contributed by atoms with van der Waals surface area (Å²) in [5.41, 5.74) is 8.80. The molecule has 5 N–H and O–H groups in total. The molecule has 4 heteroatoms. The van der Waals surface area contributed by atoms with Gasteiger partial charge in [0, 0.05) is 12.2 Å². The van der Waals surface area contributed by atoms with E-state index in [4.69, 9.17) is 11.1 Å². The molecular formula is C15H17N3O. The minimum absolute atomic E-state index is 0.107. The number of nitrogens with one attached hydrogen (secondary N) is 2. The highest BCUT2D eigenvalue weighted by molar-refractivity contribution is 6.07. The minimum Gasteiger partial charge on any atom is -0.507 e. The summed E-state index contributed by atoms with van der Waals surface area (Å²) in [6.45, 7) is 2.39. The first-order chi connectivity index (χ1) is 9.10. The van der Waals surface area contributed by atoms with Gasteiger partial charge in [-0.1, -0.05) is 18.2 Å². The van der Waals surface area contributed by atoms with Crippen LogP contribution in [0.15, 0.2) is 42.5 Å². The normalized spacial score (nSPS) is 10.2. The fourth-order valence-electron chi connectivity index (χ4n) is 1.79. The SMILES string of the molecule is Cc1ccc(C(=N)Nc2ccc(CN)cc2)c(O)c1. The summed E-state index contributed by atoms with van der Waals surface area (Å²) < 4.78 is 0. The molecule has 2 rings (SSSR count). The molecule has 0 atom stereocenters. The molecule has 0 bridgehead atoms. The maximum absolute atomic E-state index is 9.82. The highest BCUT2D eigenvalue weighted by Crippen LogP contribution is 2.20. The van der Waals surface area contributed by atoms with E-state index in [0.717, 1.165) is 16.8 Å². The molecule has 0 saturated heterocycles. The molecule has 0 aliphatic carbocycles. The first-order valence-corrected chi connectivity index (χ1v) is 6.04. The Bertz CT molecular complexity index is 591. The van der Waals surface area contributed by atoms with Crippen molar-refractivity contribution < 1.29 is 5.11 Å². The van der Waals surface area contributed by atoms with Crippen molar-refractivity contribution in [1.29, 1.82) is 5.41 Å². The van der Waals surface area contributed by atoms with Crippen LogP contribution in [-0.2, 0) is 6.54 Å². The van der Waals surface area contributed by atoms with Gasteiger partial charge in [-0.05, 0) is 42.3 Å². The van der Waals surface area contributed by atoms with E-state index in [-0.39, 0.29) is 11.6 Å². The van der Waals surface area contributed by atoms with Crippen molar-refractivity contribution in [2.45, 2.75) is 13.5 Å². The lowest BCUT2D eigenvalue weighted by Crippen LogP contribution is -2.12. The van der Waals surface area contributed by atoms with Crippen LogP contribution in [0.25, 0.3) is 0 Å². The maximum atomic E-state index is 9.82. The van der Waals surface area contributed by atoms with Gasteiger partial charge in [0.15, 0.2) is 0 Å². The van der Waals surface area contributed by atoms with Gasteiger partial charge in [-0.2, -0.15) is 0 Å². The summed E-state index contributed by atoms with van der Waals surface area (Å²) in [5, 5.41) is 20.8. The van der Waals surface area contributed by atoms with Crippen LogP contribution in [0.4, 0.5) is 5.69 Å². The molecule has 0 amide bonds. The van der Waals surface area contributed by atoms with Crippen LogP contribution >= 0.6 is 0 Å². The average molecular weight is 255 g/mol. The van der Waals surface area contributed by atoms with E-state index in [9.17, 15) is 5.11 Å². The lowest BCUT2D eigenvalue weighted by molar-refractivity contribution is 0.473. The fraction of sp³-hybridized carbons (Fsp3) is 0.133. The van der Waals surface area contributed by atoms with Gasteiger partial charge in [-0.25, -0.2) is 0 Å². The smallest absolute Gasteiger partial charge is 0.133 e. The molecule has 19 heavy (non-hydrogen) atoms. The van der Waals surface area contributed by atoms with Crippen LogP contribution in [0, 0.1) is 12.3 Å². The maximum Gasteiger partial charge on any atom is 0.133 e. The largest absolute Gasteiger partial charge is 0.507 e. The Labute approximate surface area is 112 Å². The van der Waals surface area contributed by atoms with Gasteiger partial charge >= 0.3 is 0 Å². The zero-order chi connectivity index (χ0) is 13.8. The molecule has 2 aromatic carbocycles. The summed E-state index contributed by atoms with van der Waals surface area (Å²) in [5.74, 6) is 0.272. The third kappa shape index (κ3) is 3.11. The predicted octanol–water partition coefficient (Wildman–Crippen LogP) is 2.60. The van der Waals surface area contributed by atoms with Crippen molar-refractivity contribution in [3.63, 3.8) is 0 Å². The van der Waals surface area contributed by atoms with Gasteiger partial charge in [0.1, 0.15) is 11.6 Å². The van der Waals surface area contributed by atoms with Gasteiger partial charge in [0.25, 0.3) is 0 Å². The van der Waals surface area contributed by atoms with Gasteiger partial charge in [0.2, 0.25) is 0 Å². The summed E-state index contributed by atoms with van der Waals surface area (Å²) in [4.78, 5) is 0. The second-order valence-electron chi connectivity index (χ2n) is 4.42. The number of amidine groups is 1. The molecule has 0 heterocycles. The van der Waals surface area contributed by atoms with E-state index in [1.165, 1.54) is 0 Å². The van der Waals surface area contributed by atoms with Gasteiger partial charge in [-0.3, -0.25) is 5.41 Å². The molecule has 0 saturated carbocycles.